The Hall–Kier alpha value is -2.51. The highest BCUT2D eigenvalue weighted by Gasteiger charge is 2.42. The molecule has 0 spiro atoms. The summed E-state index contributed by atoms with van der Waals surface area (Å²) >= 11 is 12.3. The second-order valence-electron chi connectivity index (χ2n) is 9.85. The van der Waals surface area contributed by atoms with Crippen molar-refractivity contribution in [2.45, 2.75) is 18.4 Å². The van der Waals surface area contributed by atoms with Gasteiger partial charge in [0.2, 0.25) is 5.91 Å². The fourth-order valence-corrected chi connectivity index (χ4v) is 5.24. The zero-order valence-electron chi connectivity index (χ0n) is 20.9. The standard InChI is InChI=1S/C29H31Cl2F2N3O/c1-35(2)13-3-12-34-29(37)27(21-14-25(32)16-26(33)15-21)22-17-36(18-22)28(19-4-8-23(30)9-5-19)20-6-10-24(31)11-7-20/h4-11,14-16,22,27-28H,3,12-13,17-18H2,1-2H3,(H,34,37)/t27-/m1/s1. The summed E-state index contributed by atoms with van der Waals surface area (Å²) in [6, 6.07) is 18.7. The van der Waals surface area contributed by atoms with Gasteiger partial charge in [-0.15, -0.1) is 0 Å². The SMILES string of the molecule is CN(C)CCCNC(=O)[C@H](c1cc(F)cc(F)c1)C1CN(C(c2ccc(Cl)cc2)c2ccc(Cl)cc2)C1. The van der Waals surface area contributed by atoms with Crippen LogP contribution in [-0.4, -0.2) is 56.0 Å². The summed E-state index contributed by atoms with van der Waals surface area (Å²) in [6.45, 7) is 2.51. The number of nitrogens with zero attached hydrogens (tertiary/aromatic N) is 2. The van der Waals surface area contributed by atoms with E-state index in [1.807, 2.05) is 67.5 Å². The number of benzene rings is 3. The molecule has 1 atom stereocenters. The third kappa shape index (κ3) is 7.08. The van der Waals surface area contributed by atoms with E-state index in [2.05, 4.69) is 10.2 Å². The number of hydrogen-bond donors (Lipinski definition) is 1. The van der Waals surface area contributed by atoms with E-state index < -0.39 is 17.6 Å². The minimum absolute atomic E-state index is 0.0705. The van der Waals surface area contributed by atoms with E-state index >= 15 is 0 Å². The molecule has 0 unspecified atom stereocenters. The van der Waals surface area contributed by atoms with Gasteiger partial charge in [0, 0.05) is 41.7 Å². The molecule has 4 rings (SSSR count). The summed E-state index contributed by atoms with van der Waals surface area (Å²) in [6.07, 6.45) is 0.787. The number of amides is 1. The van der Waals surface area contributed by atoms with Gasteiger partial charge in [0.25, 0.3) is 0 Å². The summed E-state index contributed by atoms with van der Waals surface area (Å²) in [5.41, 5.74) is 2.49. The first kappa shape index (κ1) is 27.5. The van der Waals surface area contributed by atoms with Crippen LogP contribution in [0.2, 0.25) is 10.0 Å². The first-order valence-corrected chi connectivity index (χ1v) is 13.1. The van der Waals surface area contributed by atoms with Gasteiger partial charge in [0.15, 0.2) is 0 Å². The zero-order valence-corrected chi connectivity index (χ0v) is 22.4. The minimum Gasteiger partial charge on any atom is -0.356 e. The van der Waals surface area contributed by atoms with E-state index in [9.17, 15) is 13.6 Å². The topological polar surface area (TPSA) is 35.6 Å². The number of nitrogens with one attached hydrogen (secondary N) is 1. The molecule has 0 bridgehead atoms. The number of carbonyl (C=O) groups excluding carboxylic acids is 1. The number of carbonyl (C=O) groups is 1. The molecule has 3 aromatic rings. The van der Waals surface area contributed by atoms with Crippen LogP contribution in [0.25, 0.3) is 0 Å². The van der Waals surface area contributed by atoms with Crippen LogP contribution in [0.4, 0.5) is 8.78 Å². The van der Waals surface area contributed by atoms with Crippen LogP contribution in [-0.2, 0) is 4.79 Å². The van der Waals surface area contributed by atoms with Crippen molar-refractivity contribution in [1.29, 1.82) is 0 Å². The van der Waals surface area contributed by atoms with E-state index in [1.54, 1.807) is 0 Å². The first-order valence-electron chi connectivity index (χ1n) is 12.3. The monoisotopic (exact) mass is 545 g/mol. The molecule has 0 saturated carbocycles. The van der Waals surface area contributed by atoms with Gasteiger partial charge in [-0.1, -0.05) is 47.5 Å². The van der Waals surface area contributed by atoms with Crippen LogP contribution in [0.15, 0.2) is 66.7 Å². The molecule has 37 heavy (non-hydrogen) atoms. The smallest absolute Gasteiger partial charge is 0.227 e. The Morgan fingerprint density at radius 3 is 1.92 bits per heavy atom. The maximum Gasteiger partial charge on any atom is 0.227 e. The molecule has 0 aliphatic carbocycles. The van der Waals surface area contributed by atoms with Crippen molar-refractivity contribution in [1.82, 2.24) is 15.1 Å². The third-order valence-electron chi connectivity index (χ3n) is 6.75. The largest absolute Gasteiger partial charge is 0.356 e. The van der Waals surface area contributed by atoms with Crippen molar-refractivity contribution in [3.63, 3.8) is 0 Å². The lowest BCUT2D eigenvalue weighted by molar-refractivity contribution is -0.125. The molecule has 1 aliphatic rings. The van der Waals surface area contributed by atoms with Crippen LogP contribution < -0.4 is 5.32 Å². The van der Waals surface area contributed by atoms with Gasteiger partial charge in [-0.25, -0.2) is 8.78 Å². The summed E-state index contributed by atoms with van der Waals surface area (Å²) in [5.74, 6) is -2.33. The lowest BCUT2D eigenvalue weighted by Crippen LogP contribution is -2.53. The minimum atomic E-state index is -0.684. The number of rotatable bonds is 10. The Balaban J connectivity index is 1.56. The third-order valence-corrected chi connectivity index (χ3v) is 7.26. The Bertz CT molecular complexity index is 1130. The van der Waals surface area contributed by atoms with Crippen molar-refractivity contribution in [3.8, 4) is 0 Å². The molecule has 3 aromatic carbocycles. The van der Waals surface area contributed by atoms with Gasteiger partial charge >= 0.3 is 0 Å². The van der Waals surface area contributed by atoms with Gasteiger partial charge < -0.3 is 10.2 Å². The van der Waals surface area contributed by atoms with Crippen LogP contribution in [0.3, 0.4) is 0 Å². The fraction of sp³-hybridized carbons (Fsp3) is 0.345. The second-order valence-corrected chi connectivity index (χ2v) is 10.7. The Morgan fingerprint density at radius 2 is 1.43 bits per heavy atom. The maximum atomic E-state index is 14.1. The van der Waals surface area contributed by atoms with E-state index in [0.717, 1.165) is 30.2 Å². The average Bonchev–Trinajstić information content (AvgIpc) is 2.81. The Morgan fingerprint density at radius 1 is 0.919 bits per heavy atom. The highest BCUT2D eigenvalue weighted by atomic mass is 35.5. The van der Waals surface area contributed by atoms with E-state index in [1.165, 1.54) is 12.1 Å². The second kappa shape index (κ2) is 12.4. The summed E-state index contributed by atoms with van der Waals surface area (Å²) in [5, 5.41) is 4.29. The fourth-order valence-electron chi connectivity index (χ4n) is 4.98. The molecule has 0 aromatic heterocycles. The van der Waals surface area contributed by atoms with Crippen LogP contribution in [0, 0.1) is 17.6 Å². The Labute approximate surface area is 227 Å². The van der Waals surface area contributed by atoms with E-state index in [0.29, 0.717) is 35.2 Å². The molecule has 1 heterocycles. The quantitative estimate of drug-likeness (QED) is 0.310. The highest BCUT2D eigenvalue weighted by molar-refractivity contribution is 6.30. The summed E-state index contributed by atoms with van der Waals surface area (Å²) in [4.78, 5) is 17.6. The molecular weight excluding hydrogens is 515 g/mol. The molecular formula is C29H31Cl2F2N3O. The van der Waals surface area contributed by atoms with Crippen LogP contribution in [0.5, 0.6) is 0 Å². The van der Waals surface area contributed by atoms with Gasteiger partial charge in [-0.2, -0.15) is 0 Å². The predicted molar refractivity (Wildman–Crippen MR) is 145 cm³/mol. The van der Waals surface area contributed by atoms with Crippen molar-refractivity contribution in [2.75, 3.05) is 40.3 Å². The lowest BCUT2D eigenvalue weighted by atomic mass is 9.78. The molecule has 4 nitrogen and oxygen atoms in total. The van der Waals surface area contributed by atoms with Gasteiger partial charge in [-0.05, 0) is 80.1 Å². The maximum absolute atomic E-state index is 14.1. The normalized spacial score (nSPS) is 15.1. The number of likely N-dealkylation sites (tertiary alicyclic amines) is 1. The average molecular weight is 546 g/mol. The van der Waals surface area contributed by atoms with Crippen LogP contribution >= 0.6 is 23.2 Å². The molecule has 1 aliphatic heterocycles. The lowest BCUT2D eigenvalue weighted by Gasteiger charge is -2.47. The van der Waals surface area contributed by atoms with Crippen molar-refractivity contribution in [2.24, 2.45) is 5.92 Å². The van der Waals surface area contributed by atoms with Crippen molar-refractivity contribution < 1.29 is 13.6 Å². The molecule has 8 heteroatoms. The molecule has 0 radical (unpaired) electrons. The first-order chi connectivity index (χ1) is 17.7. The van der Waals surface area contributed by atoms with E-state index in [-0.39, 0.29) is 17.9 Å². The van der Waals surface area contributed by atoms with Crippen LogP contribution in [0.1, 0.15) is 35.1 Å². The van der Waals surface area contributed by atoms with Crippen molar-refractivity contribution in [3.05, 3.63) is 105 Å². The van der Waals surface area contributed by atoms with E-state index in [4.69, 9.17) is 23.2 Å². The van der Waals surface area contributed by atoms with Gasteiger partial charge in [0.05, 0.1) is 12.0 Å². The molecule has 1 amide bonds. The van der Waals surface area contributed by atoms with Gasteiger partial charge in [-0.3, -0.25) is 9.69 Å². The highest BCUT2D eigenvalue weighted by Crippen LogP contribution is 2.40. The van der Waals surface area contributed by atoms with Crippen molar-refractivity contribution >= 4 is 29.1 Å². The van der Waals surface area contributed by atoms with Gasteiger partial charge in [0.1, 0.15) is 11.6 Å². The number of halogens is 4. The predicted octanol–water partition coefficient (Wildman–Crippen LogP) is 6.14. The summed E-state index contributed by atoms with van der Waals surface area (Å²) in [7, 11) is 3.95. The molecule has 196 valence electrons. The zero-order chi connectivity index (χ0) is 26.5. The molecule has 1 N–H and O–H groups in total. The molecule has 1 fully saturated rings. The number of hydrogen-bond acceptors (Lipinski definition) is 3. The molecule has 1 saturated heterocycles. The summed E-state index contributed by atoms with van der Waals surface area (Å²) < 4.78 is 28.3. The Kier molecular flexibility index (Phi) is 9.19.